The van der Waals surface area contributed by atoms with Crippen molar-refractivity contribution in [2.45, 2.75) is 32.0 Å². The van der Waals surface area contributed by atoms with Crippen LogP contribution in [0.1, 0.15) is 18.5 Å². The van der Waals surface area contributed by atoms with Crippen LogP contribution in [0.2, 0.25) is 0 Å². The van der Waals surface area contributed by atoms with Crippen LogP contribution in [-0.4, -0.2) is 72.3 Å². The van der Waals surface area contributed by atoms with E-state index in [1.807, 2.05) is 10.9 Å². The van der Waals surface area contributed by atoms with Crippen molar-refractivity contribution in [3.63, 3.8) is 0 Å². The molecule has 4 rings (SSSR count). The Morgan fingerprint density at radius 2 is 2.29 bits per heavy atom. The first-order valence-electron chi connectivity index (χ1n) is 8.60. The first-order chi connectivity index (χ1) is 11.7. The van der Waals surface area contributed by atoms with Crippen LogP contribution < -0.4 is 5.32 Å². The zero-order chi connectivity index (χ0) is 16.9. The molecule has 0 spiro atoms. The van der Waals surface area contributed by atoms with Gasteiger partial charge in [0.05, 0.1) is 31.9 Å². The standard InChI is InChI=1S/C16H27N5O3/c1-23-6-4-17-16(22)15-10-20-5-3-12(15)7-14(20)9-21-8-13(11-24-2)18-19-21/h8,12,14-15H,3-7,9-11H2,1-2H3,(H,17,22)/t12-,14-,15+/m1/s1. The fraction of sp³-hybridized carbons (Fsp3) is 0.812. The monoisotopic (exact) mass is 337 g/mol. The van der Waals surface area contributed by atoms with E-state index in [1.165, 1.54) is 0 Å². The smallest absolute Gasteiger partial charge is 0.224 e. The second-order valence-electron chi connectivity index (χ2n) is 6.69. The maximum absolute atomic E-state index is 12.4. The third-order valence-electron chi connectivity index (χ3n) is 5.10. The number of fused-ring (bicyclic) bond motifs is 3. The summed E-state index contributed by atoms with van der Waals surface area (Å²) in [5.74, 6) is 0.736. The molecule has 8 nitrogen and oxygen atoms in total. The minimum atomic E-state index is 0.103. The number of nitrogens with zero attached hydrogens (tertiary/aromatic N) is 4. The average Bonchev–Trinajstić information content (AvgIpc) is 3.03. The van der Waals surface area contributed by atoms with Crippen LogP contribution in [0.5, 0.6) is 0 Å². The summed E-state index contributed by atoms with van der Waals surface area (Å²) in [5.41, 5.74) is 0.851. The van der Waals surface area contributed by atoms with Gasteiger partial charge in [0.15, 0.2) is 0 Å². The Labute approximate surface area is 142 Å². The number of hydrogen-bond acceptors (Lipinski definition) is 6. The summed E-state index contributed by atoms with van der Waals surface area (Å²) in [4.78, 5) is 14.8. The number of rotatable bonds is 8. The van der Waals surface area contributed by atoms with Crippen LogP contribution in [0.3, 0.4) is 0 Å². The molecule has 3 fully saturated rings. The van der Waals surface area contributed by atoms with Crippen molar-refractivity contribution in [2.75, 3.05) is 40.5 Å². The lowest BCUT2D eigenvalue weighted by molar-refractivity contribution is -0.133. The van der Waals surface area contributed by atoms with E-state index in [0.717, 1.165) is 38.2 Å². The van der Waals surface area contributed by atoms with E-state index in [2.05, 4.69) is 20.5 Å². The molecule has 1 aromatic heterocycles. The summed E-state index contributed by atoms with van der Waals surface area (Å²) in [6.45, 7) is 4.37. The highest BCUT2D eigenvalue weighted by molar-refractivity contribution is 5.79. The summed E-state index contributed by atoms with van der Waals surface area (Å²) < 4.78 is 12.0. The molecule has 1 unspecified atom stereocenters. The normalized spacial score (nSPS) is 28.9. The third-order valence-corrected chi connectivity index (χ3v) is 5.10. The number of piperidine rings is 3. The van der Waals surface area contributed by atoms with Crippen LogP contribution in [0.15, 0.2) is 6.20 Å². The van der Waals surface area contributed by atoms with Gasteiger partial charge in [-0.05, 0) is 25.3 Å². The summed E-state index contributed by atoms with van der Waals surface area (Å²) >= 11 is 0. The van der Waals surface area contributed by atoms with Crippen molar-refractivity contribution in [1.82, 2.24) is 25.2 Å². The minimum Gasteiger partial charge on any atom is -0.383 e. The molecular weight excluding hydrogens is 310 g/mol. The third kappa shape index (κ3) is 3.93. The van der Waals surface area contributed by atoms with E-state index in [1.54, 1.807) is 14.2 Å². The van der Waals surface area contributed by atoms with Crippen LogP contribution in [0, 0.1) is 11.8 Å². The number of methoxy groups -OCH3 is 2. The van der Waals surface area contributed by atoms with Gasteiger partial charge in [-0.3, -0.25) is 14.4 Å². The topological polar surface area (TPSA) is 81.5 Å². The Hall–Kier alpha value is -1.51. The van der Waals surface area contributed by atoms with Gasteiger partial charge >= 0.3 is 0 Å². The Bertz CT molecular complexity index is 550. The number of amides is 1. The van der Waals surface area contributed by atoms with Crippen LogP contribution >= 0.6 is 0 Å². The molecule has 1 N–H and O–H groups in total. The lowest BCUT2D eigenvalue weighted by Crippen LogP contribution is -2.58. The molecule has 2 bridgehead atoms. The number of ether oxygens (including phenoxy) is 2. The molecule has 3 aliphatic rings. The zero-order valence-corrected chi connectivity index (χ0v) is 14.5. The molecular formula is C16H27N5O3. The molecule has 1 aromatic rings. The zero-order valence-electron chi connectivity index (χ0n) is 14.5. The van der Waals surface area contributed by atoms with Gasteiger partial charge in [-0.25, -0.2) is 0 Å². The van der Waals surface area contributed by atoms with Gasteiger partial charge in [0.25, 0.3) is 0 Å². The van der Waals surface area contributed by atoms with Gasteiger partial charge in [0.2, 0.25) is 5.91 Å². The predicted molar refractivity (Wildman–Crippen MR) is 87.2 cm³/mol. The van der Waals surface area contributed by atoms with E-state index in [4.69, 9.17) is 9.47 Å². The highest BCUT2D eigenvalue weighted by Gasteiger charge is 2.43. The van der Waals surface area contributed by atoms with Crippen LogP contribution in [0.25, 0.3) is 0 Å². The first-order valence-corrected chi connectivity index (χ1v) is 8.60. The summed E-state index contributed by atoms with van der Waals surface area (Å²) in [5, 5.41) is 11.3. The summed E-state index contributed by atoms with van der Waals surface area (Å²) in [6.07, 6.45) is 4.09. The maximum atomic E-state index is 12.4. The Balaban J connectivity index is 1.54. The predicted octanol–water partition coefficient (Wildman–Crippen LogP) is -0.102. The van der Waals surface area contributed by atoms with Crippen LogP contribution in [-0.2, 0) is 27.4 Å². The van der Waals surface area contributed by atoms with Gasteiger partial charge in [-0.1, -0.05) is 5.21 Å². The molecule has 3 saturated heterocycles. The highest BCUT2D eigenvalue weighted by atomic mass is 16.5. The van der Waals surface area contributed by atoms with Gasteiger partial charge in [-0.15, -0.1) is 5.10 Å². The Kier molecular flexibility index (Phi) is 5.80. The van der Waals surface area contributed by atoms with E-state index in [0.29, 0.717) is 31.7 Å². The van der Waals surface area contributed by atoms with E-state index in [-0.39, 0.29) is 11.8 Å². The number of nitrogens with one attached hydrogen (secondary N) is 1. The fourth-order valence-electron chi connectivity index (χ4n) is 3.89. The molecule has 134 valence electrons. The quantitative estimate of drug-likeness (QED) is 0.667. The Morgan fingerprint density at radius 3 is 3.00 bits per heavy atom. The number of hydrogen-bond donors (Lipinski definition) is 1. The van der Waals surface area contributed by atoms with Crippen molar-refractivity contribution in [3.05, 3.63) is 11.9 Å². The van der Waals surface area contributed by atoms with E-state index < -0.39 is 0 Å². The maximum Gasteiger partial charge on any atom is 0.224 e. The lowest BCUT2D eigenvalue weighted by Gasteiger charge is -2.49. The summed E-state index contributed by atoms with van der Waals surface area (Å²) in [7, 11) is 3.30. The van der Waals surface area contributed by atoms with Crippen molar-refractivity contribution in [3.8, 4) is 0 Å². The van der Waals surface area contributed by atoms with E-state index >= 15 is 0 Å². The van der Waals surface area contributed by atoms with E-state index in [9.17, 15) is 4.79 Å². The van der Waals surface area contributed by atoms with Gasteiger partial charge in [0.1, 0.15) is 5.69 Å². The highest BCUT2D eigenvalue weighted by Crippen LogP contribution is 2.36. The first kappa shape index (κ1) is 17.3. The lowest BCUT2D eigenvalue weighted by atomic mass is 9.75. The Morgan fingerprint density at radius 1 is 1.42 bits per heavy atom. The minimum absolute atomic E-state index is 0.103. The largest absolute Gasteiger partial charge is 0.383 e. The molecule has 4 heterocycles. The van der Waals surface area contributed by atoms with Crippen molar-refractivity contribution in [1.29, 1.82) is 0 Å². The SMILES string of the molecule is COCCNC(=O)[C@H]1CN2CC[C@@H]1C[C@@H]2Cn1cc(COC)nn1. The second kappa shape index (κ2) is 8.04. The molecule has 0 radical (unpaired) electrons. The molecule has 0 aromatic carbocycles. The fourth-order valence-corrected chi connectivity index (χ4v) is 3.89. The van der Waals surface area contributed by atoms with Gasteiger partial charge < -0.3 is 14.8 Å². The van der Waals surface area contributed by atoms with Crippen LogP contribution in [0.4, 0.5) is 0 Å². The molecule has 24 heavy (non-hydrogen) atoms. The number of aromatic nitrogens is 3. The average molecular weight is 337 g/mol. The molecule has 8 heteroatoms. The van der Waals surface area contributed by atoms with Crippen molar-refractivity contribution in [2.24, 2.45) is 11.8 Å². The molecule has 0 aliphatic carbocycles. The van der Waals surface area contributed by atoms with Gasteiger partial charge in [-0.2, -0.15) is 0 Å². The van der Waals surface area contributed by atoms with Crippen molar-refractivity contribution < 1.29 is 14.3 Å². The molecule has 1 amide bonds. The summed E-state index contributed by atoms with van der Waals surface area (Å²) in [6, 6.07) is 0.434. The molecule has 3 aliphatic heterocycles. The van der Waals surface area contributed by atoms with Gasteiger partial charge in [0, 0.05) is 33.4 Å². The molecule has 0 saturated carbocycles. The second-order valence-corrected chi connectivity index (χ2v) is 6.69. The number of carbonyl (C=O) groups is 1. The number of carbonyl (C=O) groups excluding carboxylic acids is 1. The van der Waals surface area contributed by atoms with Crippen molar-refractivity contribution >= 4 is 5.91 Å². The molecule has 4 atom stereocenters.